The molecule has 5 nitrogen and oxygen atoms in total. The Labute approximate surface area is 208 Å². The third kappa shape index (κ3) is 6.31. The largest absolute Gasteiger partial charge is 0.498 e. The lowest BCUT2D eigenvalue weighted by molar-refractivity contribution is -0.0392. The van der Waals surface area contributed by atoms with Gasteiger partial charge in [-0.15, -0.1) is 0 Å². The summed E-state index contributed by atoms with van der Waals surface area (Å²) >= 11 is 0. The number of ether oxygens (including phenoxy) is 3. The quantitative estimate of drug-likeness (QED) is 0.295. The van der Waals surface area contributed by atoms with Crippen LogP contribution < -0.4 is 9.64 Å². The molecule has 182 valence electrons. The number of para-hydroxylation sites is 2. The Hall–Kier alpha value is -3.57. The van der Waals surface area contributed by atoms with E-state index in [2.05, 4.69) is 70.6 Å². The van der Waals surface area contributed by atoms with Gasteiger partial charge in [0.15, 0.2) is 5.60 Å². The molecular weight excluding hydrogens is 436 g/mol. The molecule has 0 saturated heterocycles. The molecule has 5 heteroatoms. The van der Waals surface area contributed by atoms with Gasteiger partial charge in [-0.1, -0.05) is 48.5 Å². The van der Waals surface area contributed by atoms with Crippen LogP contribution in [0.15, 0.2) is 102 Å². The fourth-order valence-corrected chi connectivity index (χ4v) is 4.39. The predicted octanol–water partition coefficient (Wildman–Crippen LogP) is 6.23. The number of hydrogen-bond acceptors (Lipinski definition) is 5. The molecule has 0 aromatic heterocycles. The van der Waals surface area contributed by atoms with E-state index in [-0.39, 0.29) is 0 Å². The minimum atomic E-state index is -0.671. The van der Waals surface area contributed by atoms with Gasteiger partial charge in [0, 0.05) is 24.2 Å². The van der Waals surface area contributed by atoms with Gasteiger partial charge in [0.2, 0.25) is 0 Å². The number of aryl methyl sites for hydroxylation is 1. The van der Waals surface area contributed by atoms with Crippen LogP contribution in [-0.2, 0) is 15.9 Å². The fraction of sp³-hybridized carbons (Fsp3) is 0.300. The number of aliphatic imine (C=N–C) groups is 1. The topological polar surface area (TPSA) is 43.3 Å². The second-order valence-electron chi connectivity index (χ2n) is 8.63. The fourth-order valence-electron chi connectivity index (χ4n) is 4.39. The first-order valence-electron chi connectivity index (χ1n) is 12.1. The van der Waals surface area contributed by atoms with E-state index < -0.39 is 5.60 Å². The van der Waals surface area contributed by atoms with Crippen molar-refractivity contribution in [3.05, 3.63) is 102 Å². The van der Waals surface area contributed by atoms with Crippen LogP contribution >= 0.6 is 0 Å². The summed E-state index contributed by atoms with van der Waals surface area (Å²) in [6.07, 6.45) is 6.73. The van der Waals surface area contributed by atoms with Gasteiger partial charge in [-0.05, 0) is 67.3 Å². The van der Waals surface area contributed by atoms with Crippen molar-refractivity contribution in [1.82, 2.24) is 0 Å². The minimum Gasteiger partial charge on any atom is -0.498 e. The van der Waals surface area contributed by atoms with Gasteiger partial charge in [-0.25, -0.2) is 0 Å². The van der Waals surface area contributed by atoms with Crippen LogP contribution in [0.4, 0.5) is 11.4 Å². The summed E-state index contributed by atoms with van der Waals surface area (Å²) in [7, 11) is 3.40. The van der Waals surface area contributed by atoms with E-state index in [1.54, 1.807) is 20.4 Å². The van der Waals surface area contributed by atoms with Crippen LogP contribution in [0, 0.1) is 0 Å². The summed E-state index contributed by atoms with van der Waals surface area (Å²) in [6, 6.07) is 29.1. The van der Waals surface area contributed by atoms with Crippen molar-refractivity contribution in [3.8, 4) is 5.75 Å². The zero-order valence-electron chi connectivity index (χ0n) is 20.6. The van der Waals surface area contributed by atoms with Gasteiger partial charge in [-0.3, -0.25) is 4.99 Å². The molecule has 1 heterocycles. The standard InChI is InChI=1S/C30H34N2O3/c1-33-28-18-16-25(17-19-28)11-9-10-22-35-30(23-31-21-20-29(30)34-2)24-32(26-12-5-3-6-13-26)27-14-7-4-8-15-27/h3-8,12-21H,9-11,22-24H2,1-2H3. The number of allylic oxidation sites excluding steroid dienone is 1. The van der Waals surface area contributed by atoms with E-state index in [0.717, 1.165) is 42.1 Å². The molecule has 0 saturated carbocycles. The molecule has 0 radical (unpaired) electrons. The van der Waals surface area contributed by atoms with Crippen LogP contribution in [0.25, 0.3) is 0 Å². The van der Waals surface area contributed by atoms with Gasteiger partial charge in [0.05, 0.1) is 27.3 Å². The number of benzene rings is 3. The van der Waals surface area contributed by atoms with Gasteiger partial charge in [0.25, 0.3) is 0 Å². The maximum absolute atomic E-state index is 6.65. The molecule has 0 aliphatic carbocycles. The van der Waals surface area contributed by atoms with E-state index in [9.17, 15) is 0 Å². The summed E-state index contributed by atoms with van der Waals surface area (Å²) in [5.41, 5.74) is 2.84. The molecule has 1 atom stereocenters. The average molecular weight is 471 g/mol. The smallest absolute Gasteiger partial charge is 0.162 e. The summed E-state index contributed by atoms with van der Waals surface area (Å²) < 4.78 is 17.7. The van der Waals surface area contributed by atoms with Crippen molar-refractivity contribution in [2.75, 3.05) is 38.8 Å². The number of nitrogens with zero attached hydrogens (tertiary/aromatic N) is 2. The second-order valence-corrected chi connectivity index (χ2v) is 8.63. The Morgan fingerprint density at radius 1 is 0.800 bits per heavy atom. The summed E-state index contributed by atoms with van der Waals surface area (Å²) in [6.45, 7) is 1.74. The highest BCUT2D eigenvalue weighted by atomic mass is 16.5. The van der Waals surface area contributed by atoms with Gasteiger partial charge in [-0.2, -0.15) is 0 Å². The number of methoxy groups -OCH3 is 2. The molecule has 1 aliphatic rings. The van der Waals surface area contributed by atoms with Crippen LogP contribution in [0.5, 0.6) is 5.75 Å². The average Bonchev–Trinajstić information content (AvgIpc) is 2.93. The van der Waals surface area contributed by atoms with Crippen molar-refractivity contribution in [2.45, 2.75) is 24.9 Å². The number of unbranched alkanes of at least 4 members (excludes halogenated alkanes) is 1. The molecule has 0 bridgehead atoms. The maximum Gasteiger partial charge on any atom is 0.162 e. The highest BCUT2D eigenvalue weighted by Gasteiger charge is 2.40. The summed E-state index contributed by atoms with van der Waals surface area (Å²) in [5.74, 6) is 1.69. The second kappa shape index (κ2) is 12.2. The van der Waals surface area contributed by atoms with E-state index in [1.165, 1.54) is 5.56 Å². The lowest BCUT2D eigenvalue weighted by atomic mass is 9.96. The van der Waals surface area contributed by atoms with E-state index in [1.807, 2.05) is 30.3 Å². The molecule has 3 aromatic carbocycles. The van der Waals surface area contributed by atoms with Crippen LogP contribution in [0.2, 0.25) is 0 Å². The third-order valence-corrected chi connectivity index (χ3v) is 6.29. The Balaban J connectivity index is 1.47. The molecule has 0 spiro atoms. The molecule has 0 fully saturated rings. The first-order chi connectivity index (χ1) is 17.2. The van der Waals surface area contributed by atoms with Crippen LogP contribution in [0.3, 0.4) is 0 Å². The minimum absolute atomic E-state index is 0.515. The zero-order valence-corrected chi connectivity index (χ0v) is 20.6. The molecule has 3 aromatic rings. The van der Waals surface area contributed by atoms with Crippen molar-refractivity contribution in [3.63, 3.8) is 0 Å². The zero-order chi connectivity index (χ0) is 24.3. The van der Waals surface area contributed by atoms with E-state index in [0.29, 0.717) is 19.7 Å². The lowest BCUT2D eigenvalue weighted by Gasteiger charge is -2.40. The van der Waals surface area contributed by atoms with Crippen molar-refractivity contribution in [2.24, 2.45) is 4.99 Å². The molecule has 0 N–H and O–H groups in total. The monoisotopic (exact) mass is 470 g/mol. The normalized spacial score (nSPS) is 17.0. The van der Waals surface area contributed by atoms with E-state index in [4.69, 9.17) is 14.2 Å². The SMILES string of the molecule is COC1=CC=NCC1(CN(c1ccccc1)c1ccccc1)OCCCCc1ccc(OC)cc1. The number of rotatable bonds is 12. The number of hydrogen-bond donors (Lipinski definition) is 0. The van der Waals surface area contributed by atoms with Crippen LogP contribution in [0.1, 0.15) is 18.4 Å². The molecular formula is C30H34N2O3. The molecule has 0 amide bonds. The maximum atomic E-state index is 6.65. The van der Waals surface area contributed by atoms with Gasteiger partial charge >= 0.3 is 0 Å². The van der Waals surface area contributed by atoms with Crippen LogP contribution in [-0.4, -0.2) is 45.7 Å². The summed E-state index contributed by atoms with van der Waals surface area (Å²) in [5, 5.41) is 0. The first kappa shape index (κ1) is 24.6. The Morgan fingerprint density at radius 3 is 2.06 bits per heavy atom. The Kier molecular flexibility index (Phi) is 8.58. The Morgan fingerprint density at radius 2 is 1.46 bits per heavy atom. The first-order valence-corrected chi connectivity index (χ1v) is 12.1. The van der Waals surface area contributed by atoms with Crippen molar-refractivity contribution < 1.29 is 14.2 Å². The highest BCUT2D eigenvalue weighted by Crippen LogP contribution is 2.33. The number of anilines is 2. The van der Waals surface area contributed by atoms with E-state index >= 15 is 0 Å². The molecule has 35 heavy (non-hydrogen) atoms. The highest BCUT2D eigenvalue weighted by molar-refractivity contribution is 5.74. The Bertz CT molecular complexity index is 1060. The summed E-state index contributed by atoms with van der Waals surface area (Å²) in [4.78, 5) is 6.87. The lowest BCUT2D eigenvalue weighted by Crippen LogP contribution is -2.49. The number of dihydropyridines is 1. The van der Waals surface area contributed by atoms with Crippen molar-refractivity contribution >= 4 is 17.6 Å². The predicted molar refractivity (Wildman–Crippen MR) is 143 cm³/mol. The van der Waals surface area contributed by atoms with Crippen molar-refractivity contribution in [1.29, 1.82) is 0 Å². The third-order valence-electron chi connectivity index (χ3n) is 6.29. The van der Waals surface area contributed by atoms with Gasteiger partial charge < -0.3 is 19.1 Å². The molecule has 1 aliphatic heterocycles. The molecule has 4 rings (SSSR count). The molecule has 1 unspecified atom stereocenters. The van der Waals surface area contributed by atoms with Gasteiger partial charge in [0.1, 0.15) is 11.5 Å².